The standard InChI is InChI=1S/C15H15ClN2S/c1-10-4-3-5-13-15(10)18(14(8-16)17-13)9-12-7-6-11(2)19-12/h3-7H,8-9H2,1-2H3. The summed E-state index contributed by atoms with van der Waals surface area (Å²) in [6, 6.07) is 10.6. The Hall–Kier alpha value is -1.32. The van der Waals surface area contributed by atoms with Crippen molar-refractivity contribution in [2.45, 2.75) is 26.3 Å². The van der Waals surface area contributed by atoms with Crippen LogP contribution in [0.4, 0.5) is 0 Å². The van der Waals surface area contributed by atoms with Crippen molar-refractivity contribution in [1.82, 2.24) is 9.55 Å². The molecule has 0 aliphatic carbocycles. The minimum atomic E-state index is 0.443. The average Bonchev–Trinajstić information content (AvgIpc) is 2.95. The summed E-state index contributed by atoms with van der Waals surface area (Å²) in [5.41, 5.74) is 3.47. The molecule has 0 spiro atoms. The van der Waals surface area contributed by atoms with E-state index in [4.69, 9.17) is 11.6 Å². The lowest BCUT2D eigenvalue weighted by atomic mass is 10.2. The smallest absolute Gasteiger partial charge is 0.125 e. The molecule has 2 nitrogen and oxygen atoms in total. The molecule has 0 amide bonds. The number of imidazole rings is 1. The van der Waals surface area contributed by atoms with Crippen LogP contribution in [0.15, 0.2) is 30.3 Å². The summed E-state index contributed by atoms with van der Waals surface area (Å²) in [5, 5.41) is 0. The van der Waals surface area contributed by atoms with Gasteiger partial charge in [0.15, 0.2) is 0 Å². The number of fused-ring (bicyclic) bond motifs is 1. The van der Waals surface area contributed by atoms with E-state index in [-0.39, 0.29) is 0 Å². The molecule has 3 rings (SSSR count). The Morgan fingerprint density at radius 2 is 2.05 bits per heavy atom. The molecule has 0 aliphatic heterocycles. The maximum atomic E-state index is 6.05. The largest absolute Gasteiger partial charge is 0.321 e. The predicted octanol–water partition coefficient (Wildman–Crippen LogP) is 4.50. The van der Waals surface area contributed by atoms with Crippen LogP contribution < -0.4 is 0 Å². The summed E-state index contributed by atoms with van der Waals surface area (Å²) < 4.78 is 2.24. The summed E-state index contributed by atoms with van der Waals surface area (Å²) >= 11 is 7.88. The summed E-state index contributed by atoms with van der Waals surface area (Å²) in [4.78, 5) is 7.31. The molecule has 0 N–H and O–H groups in total. The molecule has 19 heavy (non-hydrogen) atoms. The van der Waals surface area contributed by atoms with Crippen LogP contribution in [0, 0.1) is 13.8 Å². The summed E-state index contributed by atoms with van der Waals surface area (Å²) in [6.07, 6.45) is 0. The number of benzene rings is 1. The van der Waals surface area contributed by atoms with Crippen molar-refractivity contribution in [3.63, 3.8) is 0 Å². The van der Waals surface area contributed by atoms with Gasteiger partial charge in [-0.15, -0.1) is 22.9 Å². The molecule has 1 aromatic carbocycles. The molecule has 0 radical (unpaired) electrons. The van der Waals surface area contributed by atoms with Crippen LogP contribution in [0.2, 0.25) is 0 Å². The number of alkyl halides is 1. The van der Waals surface area contributed by atoms with Crippen molar-refractivity contribution >= 4 is 34.0 Å². The molecule has 0 saturated heterocycles. The minimum absolute atomic E-state index is 0.443. The van der Waals surface area contributed by atoms with E-state index in [0.29, 0.717) is 5.88 Å². The Kier molecular flexibility index (Phi) is 3.33. The highest BCUT2D eigenvalue weighted by molar-refractivity contribution is 7.11. The number of hydrogen-bond acceptors (Lipinski definition) is 2. The van der Waals surface area contributed by atoms with E-state index in [1.165, 1.54) is 20.8 Å². The molecule has 2 heterocycles. The van der Waals surface area contributed by atoms with Crippen molar-refractivity contribution in [1.29, 1.82) is 0 Å². The van der Waals surface area contributed by atoms with Crippen molar-refractivity contribution in [3.8, 4) is 0 Å². The van der Waals surface area contributed by atoms with E-state index >= 15 is 0 Å². The fourth-order valence-electron chi connectivity index (χ4n) is 2.41. The highest BCUT2D eigenvalue weighted by Gasteiger charge is 2.12. The van der Waals surface area contributed by atoms with Gasteiger partial charge in [-0.2, -0.15) is 0 Å². The third kappa shape index (κ3) is 2.28. The number of aryl methyl sites for hydroxylation is 2. The summed E-state index contributed by atoms with van der Waals surface area (Å²) in [6.45, 7) is 5.11. The van der Waals surface area contributed by atoms with Crippen LogP contribution >= 0.6 is 22.9 Å². The van der Waals surface area contributed by atoms with Crippen molar-refractivity contribution in [2.75, 3.05) is 0 Å². The first-order chi connectivity index (χ1) is 9.19. The fourth-order valence-corrected chi connectivity index (χ4v) is 3.49. The zero-order valence-electron chi connectivity index (χ0n) is 11.0. The Bertz CT molecular complexity index is 727. The van der Waals surface area contributed by atoms with Crippen molar-refractivity contribution in [3.05, 3.63) is 51.5 Å². The topological polar surface area (TPSA) is 17.8 Å². The molecule has 0 unspecified atom stereocenters. The van der Waals surface area contributed by atoms with Crippen molar-refractivity contribution in [2.24, 2.45) is 0 Å². The van der Waals surface area contributed by atoms with E-state index in [1.807, 2.05) is 17.4 Å². The SMILES string of the molecule is Cc1ccc(Cn2c(CCl)nc3cccc(C)c32)s1. The van der Waals surface area contributed by atoms with E-state index in [2.05, 4.69) is 47.7 Å². The van der Waals surface area contributed by atoms with E-state index < -0.39 is 0 Å². The van der Waals surface area contributed by atoms with Gasteiger partial charge in [-0.25, -0.2) is 4.98 Å². The van der Waals surface area contributed by atoms with Gasteiger partial charge in [-0.05, 0) is 37.6 Å². The second-order valence-corrected chi connectivity index (χ2v) is 6.34. The lowest BCUT2D eigenvalue weighted by Crippen LogP contribution is -2.03. The van der Waals surface area contributed by atoms with Crippen LogP contribution in [0.5, 0.6) is 0 Å². The predicted molar refractivity (Wildman–Crippen MR) is 82.2 cm³/mol. The molecule has 2 aromatic heterocycles. The number of aromatic nitrogens is 2. The minimum Gasteiger partial charge on any atom is -0.321 e. The first-order valence-corrected chi connectivity index (χ1v) is 7.60. The number of rotatable bonds is 3. The lowest BCUT2D eigenvalue weighted by molar-refractivity contribution is 0.787. The molecule has 0 atom stereocenters. The van der Waals surface area contributed by atoms with E-state index in [1.54, 1.807) is 0 Å². The van der Waals surface area contributed by atoms with Gasteiger partial charge in [0.25, 0.3) is 0 Å². The van der Waals surface area contributed by atoms with Crippen LogP contribution in [0.1, 0.15) is 21.1 Å². The quantitative estimate of drug-likeness (QED) is 0.649. The highest BCUT2D eigenvalue weighted by Crippen LogP contribution is 2.24. The van der Waals surface area contributed by atoms with Crippen LogP contribution in [0.25, 0.3) is 11.0 Å². The Labute approximate surface area is 121 Å². The van der Waals surface area contributed by atoms with Gasteiger partial charge >= 0.3 is 0 Å². The van der Waals surface area contributed by atoms with E-state index in [0.717, 1.165) is 17.9 Å². The molecule has 0 aliphatic rings. The molecule has 0 bridgehead atoms. The number of halogens is 1. The van der Waals surface area contributed by atoms with Crippen LogP contribution in [-0.2, 0) is 12.4 Å². The molecule has 98 valence electrons. The first-order valence-electron chi connectivity index (χ1n) is 6.25. The van der Waals surface area contributed by atoms with Gasteiger partial charge in [-0.3, -0.25) is 0 Å². The first kappa shape index (κ1) is 12.7. The summed E-state index contributed by atoms with van der Waals surface area (Å²) in [5.74, 6) is 1.38. The summed E-state index contributed by atoms with van der Waals surface area (Å²) in [7, 11) is 0. The van der Waals surface area contributed by atoms with Gasteiger partial charge < -0.3 is 4.57 Å². The molecule has 0 fully saturated rings. The fraction of sp³-hybridized carbons (Fsp3) is 0.267. The van der Waals surface area contributed by atoms with Gasteiger partial charge in [0.1, 0.15) is 5.82 Å². The Morgan fingerprint density at radius 1 is 1.21 bits per heavy atom. The number of hydrogen-bond donors (Lipinski definition) is 0. The third-order valence-electron chi connectivity index (χ3n) is 3.28. The molecule has 4 heteroatoms. The Morgan fingerprint density at radius 3 is 2.74 bits per heavy atom. The van der Waals surface area contributed by atoms with Gasteiger partial charge in [0.05, 0.1) is 23.5 Å². The molecule has 0 saturated carbocycles. The molecular formula is C15H15ClN2S. The second kappa shape index (κ2) is 4.99. The molecule has 3 aromatic rings. The zero-order valence-corrected chi connectivity index (χ0v) is 12.6. The maximum absolute atomic E-state index is 6.05. The second-order valence-electron chi connectivity index (χ2n) is 4.70. The zero-order chi connectivity index (χ0) is 13.4. The monoisotopic (exact) mass is 290 g/mol. The van der Waals surface area contributed by atoms with Crippen LogP contribution in [0.3, 0.4) is 0 Å². The maximum Gasteiger partial charge on any atom is 0.125 e. The highest BCUT2D eigenvalue weighted by atomic mass is 35.5. The van der Waals surface area contributed by atoms with Crippen LogP contribution in [-0.4, -0.2) is 9.55 Å². The normalized spacial score (nSPS) is 11.3. The third-order valence-corrected chi connectivity index (χ3v) is 4.50. The lowest BCUT2D eigenvalue weighted by Gasteiger charge is -2.07. The Balaban J connectivity index is 2.15. The molecular weight excluding hydrogens is 276 g/mol. The van der Waals surface area contributed by atoms with Gasteiger partial charge in [0, 0.05) is 9.75 Å². The van der Waals surface area contributed by atoms with E-state index in [9.17, 15) is 0 Å². The van der Waals surface area contributed by atoms with Gasteiger partial charge in [-0.1, -0.05) is 12.1 Å². The van der Waals surface area contributed by atoms with Gasteiger partial charge in [0.2, 0.25) is 0 Å². The van der Waals surface area contributed by atoms with Crippen molar-refractivity contribution < 1.29 is 0 Å². The number of thiophene rings is 1. The number of nitrogens with zero attached hydrogens (tertiary/aromatic N) is 2. The average molecular weight is 291 g/mol. The number of para-hydroxylation sites is 1.